The van der Waals surface area contributed by atoms with Crippen molar-refractivity contribution in [1.82, 2.24) is 25.1 Å². The molecule has 2 aromatic heterocycles. The first-order valence-electron chi connectivity index (χ1n) is 10.2. The van der Waals surface area contributed by atoms with Crippen molar-refractivity contribution in [2.45, 2.75) is 6.42 Å². The highest BCUT2D eigenvalue weighted by atomic mass is 35.5. The lowest BCUT2D eigenvalue weighted by Crippen LogP contribution is -2.25. The number of carbonyl (C=O) groups excluding carboxylic acids is 1. The van der Waals surface area contributed by atoms with Crippen LogP contribution in [0.25, 0.3) is 27.8 Å². The second-order valence-corrected chi connectivity index (χ2v) is 7.92. The quantitative estimate of drug-likeness (QED) is 0.414. The minimum atomic E-state index is -0.487. The predicted molar refractivity (Wildman–Crippen MR) is 124 cm³/mol. The topological polar surface area (TPSA) is 92.2 Å². The van der Waals surface area contributed by atoms with Crippen molar-refractivity contribution >= 4 is 34.1 Å². The van der Waals surface area contributed by atoms with Crippen LogP contribution in [0.3, 0.4) is 0 Å². The summed E-state index contributed by atoms with van der Waals surface area (Å²) in [5, 5.41) is 10.8. The van der Waals surface area contributed by atoms with Crippen LogP contribution >= 0.6 is 11.6 Å². The van der Waals surface area contributed by atoms with Gasteiger partial charge < -0.3 is 5.32 Å². The minimum Gasteiger partial charge on any atom is -0.352 e. The molecule has 33 heavy (non-hydrogen) atoms. The molecule has 2 N–H and O–H groups in total. The Hall–Kier alpha value is -4.04. The Morgan fingerprint density at radius 2 is 1.88 bits per heavy atom. The first-order valence-corrected chi connectivity index (χ1v) is 10.6. The first kappa shape index (κ1) is 20.8. The molecule has 2 heterocycles. The van der Waals surface area contributed by atoms with Crippen molar-refractivity contribution in [2.75, 3.05) is 6.54 Å². The van der Waals surface area contributed by atoms with E-state index < -0.39 is 11.4 Å². The molecule has 5 aromatic rings. The summed E-state index contributed by atoms with van der Waals surface area (Å²) in [4.78, 5) is 29.4. The number of hydrogen-bond acceptors (Lipinski definition) is 4. The third kappa shape index (κ3) is 3.96. The maximum atomic E-state index is 14.3. The van der Waals surface area contributed by atoms with Crippen LogP contribution in [0, 0.1) is 5.82 Å². The number of carbonyl (C=O) groups is 1. The number of halogens is 2. The summed E-state index contributed by atoms with van der Waals surface area (Å²) in [6, 6.07) is 18.3. The van der Waals surface area contributed by atoms with Gasteiger partial charge in [-0.1, -0.05) is 35.9 Å². The molecule has 3 aromatic carbocycles. The van der Waals surface area contributed by atoms with Crippen molar-refractivity contribution < 1.29 is 9.18 Å². The molecule has 164 valence electrons. The molecule has 0 saturated carbocycles. The number of H-pyrrole nitrogens is 1. The maximum absolute atomic E-state index is 14.3. The lowest BCUT2D eigenvalue weighted by molar-refractivity contribution is 0.0954. The van der Waals surface area contributed by atoms with Crippen LogP contribution in [0.4, 0.5) is 4.39 Å². The average molecular weight is 462 g/mol. The van der Waals surface area contributed by atoms with Gasteiger partial charge in [0.05, 0.1) is 10.9 Å². The molecule has 0 spiro atoms. The Kier molecular flexibility index (Phi) is 5.35. The number of hydrogen-bond donors (Lipinski definition) is 2. The number of aromatic amines is 1. The molecule has 0 radical (unpaired) electrons. The average Bonchev–Trinajstić information content (AvgIpc) is 3.24. The molecule has 0 atom stereocenters. The van der Waals surface area contributed by atoms with Gasteiger partial charge in [-0.25, -0.2) is 14.1 Å². The van der Waals surface area contributed by atoms with E-state index in [-0.39, 0.29) is 22.8 Å². The molecule has 9 heteroatoms. The van der Waals surface area contributed by atoms with Crippen LogP contribution in [0.2, 0.25) is 5.02 Å². The summed E-state index contributed by atoms with van der Waals surface area (Å²) in [7, 11) is 0. The van der Waals surface area contributed by atoms with E-state index in [4.69, 9.17) is 11.6 Å². The van der Waals surface area contributed by atoms with Gasteiger partial charge in [0.25, 0.3) is 11.5 Å². The number of amides is 1. The standard InChI is InChI=1S/C24H17ClFN5O2/c25-16-8-5-14(6-9-16)11-12-27-23(32)15-7-10-18-20(13-15)31-22(28-24(18)33)21(29-30-31)17-3-1-2-4-19(17)26/h1-10,13,30H,11-12H2,(H,27,32). The van der Waals surface area contributed by atoms with Crippen LogP contribution in [-0.4, -0.2) is 32.3 Å². The van der Waals surface area contributed by atoms with Crippen molar-refractivity contribution in [3.05, 3.63) is 99.1 Å². The molecule has 0 aliphatic rings. The fraction of sp³-hybridized carbons (Fsp3) is 0.0833. The van der Waals surface area contributed by atoms with Crippen LogP contribution < -0.4 is 10.9 Å². The largest absolute Gasteiger partial charge is 0.352 e. The van der Waals surface area contributed by atoms with Gasteiger partial charge in [-0.3, -0.25) is 9.59 Å². The lowest BCUT2D eigenvalue weighted by Gasteiger charge is -2.07. The molecule has 0 bridgehead atoms. The molecule has 7 nitrogen and oxygen atoms in total. The molecule has 5 rings (SSSR count). The zero-order valence-corrected chi connectivity index (χ0v) is 17.9. The SMILES string of the molecule is O=C(NCCc1ccc(Cl)cc1)c1ccc2c(=O)nc3c(-c4ccccc4F)n[nH]n3c2c1. The van der Waals surface area contributed by atoms with E-state index in [1.807, 2.05) is 12.1 Å². The van der Waals surface area contributed by atoms with Crippen molar-refractivity contribution in [1.29, 1.82) is 0 Å². The minimum absolute atomic E-state index is 0.179. The van der Waals surface area contributed by atoms with Crippen molar-refractivity contribution in [3.63, 3.8) is 0 Å². The number of nitrogens with zero attached hydrogens (tertiary/aromatic N) is 3. The van der Waals surface area contributed by atoms with Crippen LogP contribution in [0.1, 0.15) is 15.9 Å². The third-order valence-electron chi connectivity index (χ3n) is 5.37. The highest BCUT2D eigenvalue weighted by Gasteiger charge is 2.17. The van der Waals surface area contributed by atoms with Crippen LogP contribution in [0.5, 0.6) is 0 Å². The summed E-state index contributed by atoms with van der Waals surface area (Å²) < 4.78 is 15.8. The summed E-state index contributed by atoms with van der Waals surface area (Å²) in [5.41, 5.74) is 1.97. The van der Waals surface area contributed by atoms with E-state index in [1.54, 1.807) is 48.5 Å². The van der Waals surface area contributed by atoms with Gasteiger partial charge >= 0.3 is 0 Å². The normalized spacial score (nSPS) is 11.2. The van der Waals surface area contributed by atoms with E-state index in [2.05, 4.69) is 20.6 Å². The fourth-order valence-electron chi connectivity index (χ4n) is 3.68. The molecular weight excluding hydrogens is 445 g/mol. The van der Waals surface area contributed by atoms with E-state index >= 15 is 0 Å². The number of nitrogens with one attached hydrogen (secondary N) is 2. The Bertz CT molecular complexity index is 1560. The van der Waals surface area contributed by atoms with Crippen LogP contribution in [0.15, 0.2) is 71.5 Å². The second-order valence-electron chi connectivity index (χ2n) is 7.48. The van der Waals surface area contributed by atoms with E-state index in [0.717, 1.165) is 5.56 Å². The van der Waals surface area contributed by atoms with Gasteiger partial charge in [-0.05, 0) is 54.4 Å². The highest BCUT2D eigenvalue weighted by Crippen LogP contribution is 2.25. The smallest absolute Gasteiger partial charge is 0.281 e. The number of fused-ring (bicyclic) bond motifs is 3. The third-order valence-corrected chi connectivity index (χ3v) is 5.62. The number of benzene rings is 3. The molecule has 0 aliphatic heterocycles. The second kappa shape index (κ2) is 8.48. The zero-order valence-electron chi connectivity index (χ0n) is 17.2. The van der Waals surface area contributed by atoms with Gasteiger partial charge in [0.2, 0.25) is 0 Å². The number of rotatable bonds is 5. The summed E-state index contributed by atoms with van der Waals surface area (Å²) in [5.74, 6) is -0.757. The summed E-state index contributed by atoms with van der Waals surface area (Å²) in [6.45, 7) is 0.436. The van der Waals surface area contributed by atoms with E-state index in [0.29, 0.717) is 34.5 Å². The maximum Gasteiger partial charge on any atom is 0.281 e. The van der Waals surface area contributed by atoms with Gasteiger partial charge in [0.15, 0.2) is 5.65 Å². The molecular formula is C24H17ClFN5O2. The van der Waals surface area contributed by atoms with Gasteiger partial charge in [0.1, 0.15) is 11.5 Å². The van der Waals surface area contributed by atoms with Gasteiger partial charge in [-0.2, -0.15) is 10.1 Å². The zero-order chi connectivity index (χ0) is 22.9. The van der Waals surface area contributed by atoms with E-state index in [1.165, 1.54) is 10.6 Å². The Balaban J connectivity index is 1.47. The number of aromatic nitrogens is 4. The van der Waals surface area contributed by atoms with Crippen LogP contribution in [-0.2, 0) is 6.42 Å². The Morgan fingerprint density at radius 1 is 1.09 bits per heavy atom. The highest BCUT2D eigenvalue weighted by molar-refractivity contribution is 6.30. The predicted octanol–water partition coefficient (Wildman–Crippen LogP) is 4.00. The Labute approximate surface area is 191 Å². The Morgan fingerprint density at radius 3 is 2.67 bits per heavy atom. The monoisotopic (exact) mass is 461 g/mol. The first-order chi connectivity index (χ1) is 16.0. The van der Waals surface area contributed by atoms with Crippen molar-refractivity contribution in [2.24, 2.45) is 0 Å². The summed E-state index contributed by atoms with van der Waals surface area (Å²) >= 11 is 5.90. The molecule has 0 fully saturated rings. The molecule has 1 amide bonds. The van der Waals surface area contributed by atoms with E-state index in [9.17, 15) is 14.0 Å². The molecule has 0 saturated heterocycles. The van der Waals surface area contributed by atoms with Gasteiger partial charge in [-0.15, -0.1) is 0 Å². The molecule has 0 unspecified atom stereocenters. The van der Waals surface area contributed by atoms with Crippen molar-refractivity contribution in [3.8, 4) is 11.3 Å². The lowest BCUT2D eigenvalue weighted by atomic mass is 10.1. The molecule has 0 aliphatic carbocycles. The van der Waals surface area contributed by atoms with Gasteiger partial charge in [0, 0.05) is 22.7 Å². The summed E-state index contributed by atoms with van der Waals surface area (Å²) in [6.07, 6.45) is 0.649. The fourth-order valence-corrected chi connectivity index (χ4v) is 3.80.